The summed E-state index contributed by atoms with van der Waals surface area (Å²) in [6.45, 7) is 0.944. The van der Waals surface area contributed by atoms with Gasteiger partial charge in [0.15, 0.2) is 0 Å². The zero-order chi connectivity index (χ0) is 19.1. The van der Waals surface area contributed by atoms with Gasteiger partial charge in [-0.1, -0.05) is 22.0 Å². The number of pyridine rings is 1. The molecule has 2 bridgehead atoms. The average molecular weight is 439 g/mol. The van der Waals surface area contributed by atoms with Gasteiger partial charge in [0.2, 0.25) is 0 Å². The third-order valence-corrected chi connectivity index (χ3v) is 7.02. The van der Waals surface area contributed by atoms with Gasteiger partial charge in [-0.2, -0.15) is 13.2 Å². The van der Waals surface area contributed by atoms with E-state index in [-0.39, 0.29) is 10.8 Å². The van der Waals surface area contributed by atoms with Gasteiger partial charge >= 0.3 is 6.18 Å². The Balaban J connectivity index is 1.43. The lowest BCUT2D eigenvalue weighted by Gasteiger charge is -2.53. The quantitative estimate of drug-likeness (QED) is 0.583. The number of hydrogen-bond acceptors (Lipinski definition) is 2. The van der Waals surface area contributed by atoms with Crippen molar-refractivity contribution in [3.05, 3.63) is 58.3 Å². The molecule has 3 aliphatic rings. The summed E-state index contributed by atoms with van der Waals surface area (Å²) in [5, 5.41) is 3.58. The predicted molar refractivity (Wildman–Crippen MR) is 104 cm³/mol. The van der Waals surface area contributed by atoms with Crippen LogP contribution < -0.4 is 5.32 Å². The van der Waals surface area contributed by atoms with Crippen LogP contribution in [0, 0.1) is 5.41 Å². The first-order valence-corrected chi connectivity index (χ1v) is 10.1. The van der Waals surface area contributed by atoms with E-state index in [0.29, 0.717) is 0 Å². The summed E-state index contributed by atoms with van der Waals surface area (Å²) in [4.78, 5) is 4.22. The highest BCUT2D eigenvalue weighted by molar-refractivity contribution is 9.10. The van der Waals surface area contributed by atoms with Gasteiger partial charge in [-0.25, -0.2) is 0 Å². The van der Waals surface area contributed by atoms with Gasteiger partial charge in [0.1, 0.15) is 0 Å². The Hall–Kier alpha value is -1.56. The maximum atomic E-state index is 12.8. The van der Waals surface area contributed by atoms with Crippen LogP contribution in [0.5, 0.6) is 0 Å². The topological polar surface area (TPSA) is 24.9 Å². The highest BCUT2D eigenvalue weighted by Gasteiger charge is 2.50. The van der Waals surface area contributed by atoms with Crippen molar-refractivity contribution >= 4 is 21.6 Å². The minimum absolute atomic E-state index is 0.0400. The van der Waals surface area contributed by atoms with E-state index < -0.39 is 11.7 Å². The monoisotopic (exact) mass is 438 g/mol. The van der Waals surface area contributed by atoms with Crippen molar-refractivity contribution < 1.29 is 13.2 Å². The molecule has 6 heteroatoms. The highest BCUT2D eigenvalue weighted by atomic mass is 79.9. The SMILES string of the molecule is FC(F)(F)c1ccc(C23CCC(CNc4cccc(Br)c4)(CC2)CC3)nc1. The fraction of sp³-hybridized carbons (Fsp3) is 0.476. The molecule has 1 aromatic heterocycles. The molecule has 3 aliphatic carbocycles. The Kier molecular flexibility index (Phi) is 4.73. The van der Waals surface area contributed by atoms with Gasteiger partial charge in [-0.3, -0.25) is 4.98 Å². The molecule has 144 valence electrons. The van der Waals surface area contributed by atoms with Gasteiger partial charge in [-0.05, 0) is 74.3 Å². The number of nitrogens with zero attached hydrogens (tertiary/aromatic N) is 1. The molecule has 0 amide bonds. The summed E-state index contributed by atoms with van der Waals surface area (Å²) in [5.74, 6) is 0. The number of fused-ring (bicyclic) bond motifs is 3. The van der Waals surface area contributed by atoms with Crippen molar-refractivity contribution in [2.45, 2.75) is 50.1 Å². The van der Waals surface area contributed by atoms with Crippen LogP contribution in [0.15, 0.2) is 47.1 Å². The maximum Gasteiger partial charge on any atom is 0.417 e. The Morgan fingerprint density at radius 2 is 1.70 bits per heavy atom. The van der Waals surface area contributed by atoms with Gasteiger partial charge < -0.3 is 5.32 Å². The fourth-order valence-electron chi connectivity index (χ4n) is 4.68. The second kappa shape index (κ2) is 6.80. The van der Waals surface area contributed by atoms with E-state index in [1.54, 1.807) is 6.07 Å². The van der Waals surface area contributed by atoms with Crippen LogP contribution in [0.1, 0.15) is 49.8 Å². The summed E-state index contributed by atoms with van der Waals surface area (Å²) in [6.07, 6.45) is 2.97. The second-order valence-corrected chi connectivity index (χ2v) is 8.99. The number of benzene rings is 1. The van der Waals surface area contributed by atoms with Crippen molar-refractivity contribution in [1.29, 1.82) is 0 Å². The van der Waals surface area contributed by atoms with E-state index in [0.717, 1.165) is 67.1 Å². The summed E-state index contributed by atoms with van der Waals surface area (Å²) >= 11 is 3.50. The predicted octanol–water partition coefficient (Wildman–Crippen LogP) is 6.57. The Labute approximate surface area is 165 Å². The molecule has 0 spiro atoms. The molecule has 1 heterocycles. The third kappa shape index (κ3) is 3.73. The molecule has 3 fully saturated rings. The number of anilines is 1. The molecule has 0 saturated heterocycles. The standard InChI is InChI=1S/C21H22BrF3N2/c22-16-2-1-3-17(12-16)27-14-19-6-9-20(10-7-19,11-8-19)18-5-4-15(13-26-18)21(23,24)25/h1-5,12-13,27H,6-11,14H2. The van der Waals surface area contributed by atoms with Crippen LogP contribution in [0.25, 0.3) is 0 Å². The molecular formula is C21H22BrF3N2. The minimum atomic E-state index is -4.32. The van der Waals surface area contributed by atoms with Crippen molar-refractivity contribution in [3.63, 3.8) is 0 Å². The molecule has 5 rings (SSSR count). The van der Waals surface area contributed by atoms with E-state index in [4.69, 9.17) is 0 Å². The van der Waals surface area contributed by atoms with E-state index in [1.807, 2.05) is 12.1 Å². The van der Waals surface area contributed by atoms with Crippen molar-refractivity contribution in [2.24, 2.45) is 5.41 Å². The maximum absolute atomic E-state index is 12.8. The van der Waals surface area contributed by atoms with Gasteiger partial charge in [-0.15, -0.1) is 0 Å². The molecule has 0 atom stereocenters. The number of rotatable bonds is 4. The van der Waals surface area contributed by atoms with Crippen LogP contribution in [0.3, 0.4) is 0 Å². The Bertz CT molecular complexity index is 792. The molecule has 27 heavy (non-hydrogen) atoms. The van der Waals surface area contributed by atoms with Crippen molar-refractivity contribution in [3.8, 4) is 0 Å². The number of alkyl halides is 3. The normalized spacial score (nSPS) is 27.6. The largest absolute Gasteiger partial charge is 0.417 e. The molecule has 0 aliphatic heterocycles. The van der Waals surface area contributed by atoms with Gasteiger partial charge in [0.05, 0.1) is 5.56 Å². The summed E-state index contributed by atoms with van der Waals surface area (Å²) in [5.41, 5.74) is 1.54. The van der Waals surface area contributed by atoms with E-state index in [1.165, 1.54) is 6.07 Å². The summed E-state index contributed by atoms with van der Waals surface area (Å²) in [7, 11) is 0. The van der Waals surface area contributed by atoms with Crippen LogP contribution in [-0.4, -0.2) is 11.5 Å². The van der Waals surface area contributed by atoms with Gasteiger partial charge in [0, 0.05) is 34.0 Å². The lowest BCUT2D eigenvalue weighted by molar-refractivity contribution is -0.137. The molecule has 1 N–H and O–H groups in total. The smallest absolute Gasteiger partial charge is 0.384 e. The molecule has 0 radical (unpaired) electrons. The van der Waals surface area contributed by atoms with Crippen LogP contribution in [0.4, 0.5) is 18.9 Å². The molecule has 2 aromatic rings. The Morgan fingerprint density at radius 1 is 1.00 bits per heavy atom. The van der Waals surface area contributed by atoms with Crippen LogP contribution in [-0.2, 0) is 11.6 Å². The second-order valence-electron chi connectivity index (χ2n) is 8.07. The number of nitrogens with one attached hydrogen (secondary N) is 1. The third-order valence-electron chi connectivity index (χ3n) is 6.53. The highest BCUT2D eigenvalue weighted by Crippen LogP contribution is 2.57. The number of aromatic nitrogens is 1. The van der Waals surface area contributed by atoms with Crippen molar-refractivity contribution in [1.82, 2.24) is 4.98 Å². The summed E-state index contributed by atoms with van der Waals surface area (Å²) < 4.78 is 39.5. The van der Waals surface area contributed by atoms with E-state index in [2.05, 4.69) is 38.4 Å². The number of hydrogen-bond donors (Lipinski definition) is 1. The first-order valence-electron chi connectivity index (χ1n) is 9.34. The Morgan fingerprint density at radius 3 is 2.26 bits per heavy atom. The molecule has 0 unspecified atom stereocenters. The van der Waals surface area contributed by atoms with Crippen molar-refractivity contribution in [2.75, 3.05) is 11.9 Å². The lowest BCUT2D eigenvalue weighted by Crippen LogP contribution is -2.47. The minimum Gasteiger partial charge on any atom is -0.384 e. The average Bonchev–Trinajstić information content (AvgIpc) is 2.68. The molecular weight excluding hydrogens is 417 g/mol. The van der Waals surface area contributed by atoms with E-state index >= 15 is 0 Å². The van der Waals surface area contributed by atoms with Crippen LogP contribution in [0.2, 0.25) is 0 Å². The lowest BCUT2D eigenvalue weighted by atomic mass is 9.52. The number of halogens is 4. The van der Waals surface area contributed by atoms with Gasteiger partial charge in [0.25, 0.3) is 0 Å². The molecule has 2 nitrogen and oxygen atoms in total. The molecule has 1 aromatic carbocycles. The fourth-order valence-corrected chi connectivity index (χ4v) is 5.08. The molecule has 3 saturated carbocycles. The van der Waals surface area contributed by atoms with Crippen LogP contribution >= 0.6 is 15.9 Å². The first kappa shape index (κ1) is 18.8. The summed E-state index contributed by atoms with van der Waals surface area (Å²) in [6, 6.07) is 11.0. The zero-order valence-electron chi connectivity index (χ0n) is 15.0. The first-order chi connectivity index (χ1) is 12.8. The van der Waals surface area contributed by atoms with E-state index in [9.17, 15) is 13.2 Å². The zero-order valence-corrected chi connectivity index (χ0v) is 16.5.